The number of esters is 1. The number of methoxy groups -OCH3 is 1. The second-order valence-electron chi connectivity index (χ2n) is 6.80. The molecule has 3 aromatic rings. The van der Waals surface area contributed by atoms with E-state index < -0.39 is 11.8 Å². The lowest BCUT2D eigenvalue weighted by Crippen LogP contribution is -2.05. The fraction of sp³-hybridized carbons (Fsp3) is 0.0833. The fourth-order valence-corrected chi connectivity index (χ4v) is 3.79. The van der Waals surface area contributed by atoms with Crippen molar-refractivity contribution in [2.45, 2.75) is 6.61 Å². The molecule has 4 rings (SSSR count). The molecule has 0 amide bonds. The van der Waals surface area contributed by atoms with Gasteiger partial charge in [-0.1, -0.05) is 18.2 Å². The number of aliphatic imine (C=N–C) groups is 1. The van der Waals surface area contributed by atoms with Crippen LogP contribution in [0.25, 0.3) is 6.08 Å². The number of carbonyl (C=O) groups is 1. The zero-order chi connectivity index (χ0) is 22.7. The summed E-state index contributed by atoms with van der Waals surface area (Å²) < 4.78 is 43.8. The highest BCUT2D eigenvalue weighted by Crippen LogP contribution is 2.35. The summed E-state index contributed by atoms with van der Waals surface area (Å²) in [5, 5.41) is 0. The number of cyclic esters (lactones) is 1. The first-order chi connectivity index (χ1) is 15.4. The predicted molar refractivity (Wildman–Crippen MR) is 123 cm³/mol. The topological polar surface area (TPSA) is 57.1 Å². The second kappa shape index (κ2) is 9.47. The molecule has 32 heavy (non-hydrogen) atoms. The van der Waals surface area contributed by atoms with Crippen LogP contribution in [0.3, 0.4) is 0 Å². The van der Waals surface area contributed by atoms with E-state index in [0.717, 1.165) is 9.13 Å². The Bertz CT molecular complexity index is 1240. The summed E-state index contributed by atoms with van der Waals surface area (Å²) in [6.45, 7) is 0.237. The fourth-order valence-electron chi connectivity index (χ4n) is 3.01. The Balaban J connectivity index is 1.59. The lowest BCUT2D eigenvalue weighted by atomic mass is 10.1. The molecule has 0 atom stereocenters. The van der Waals surface area contributed by atoms with Crippen molar-refractivity contribution < 1.29 is 27.8 Å². The van der Waals surface area contributed by atoms with Gasteiger partial charge in [0.05, 0.1) is 10.7 Å². The van der Waals surface area contributed by atoms with Gasteiger partial charge >= 0.3 is 5.97 Å². The molecule has 0 unspecified atom stereocenters. The second-order valence-corrected chi connectivity index (χ2v) is 7.96. The van der Waals surface area contributed by atoms with Crippen molar-refractivity contribution in [3.8, 4) is 11.5 Å². The predicted octanol–water partition coefficient (Wildman–Crippen LogP) is 5.50. The third kappa shape index (κ3) is 4.96. The maximum absolute atomic E-state index is 13.5. The minimum absolute atomic E-state index is 0.0432. The molecule has 5 nitrogen and oxygen atoms in total. The zero-order valence-corrected chi connectivity index (χ0v) is 18.9. The molecule has 0 radical (unpaired) electrons. The molecule has 0 saturated heterocycles. The van der Waals surface area contributed by atoms with Crippen molar-refractivity contribution in [1.29, 1.82) is 0 Å². The van der Waals surface area contributed by atoms with Gasteiger partial charge in [0, 0.05) is 5.56 Å². The number of halogens is 3. The van der Waals surface area contributed by atoms with Gasteiger partial charge in [0.25, 0.3) is 0 Å². The van der Waals surface area contributed by atoms with Crippen LogP contribution in [-0.4, -0.2) is 19.0 Å². The van der Waals surface area contributed by atoms with Crippen LogP contribution in [0.5, 0.6) is 11.5 Å². The van der Waals surface area contributed by atoms with E-state index in [1.165, 1.54) is 37.4 Å². The first kappa shape index (κ1) is 21.9. The number of carbonyl (C=O) groups excluding carboxylic acids is 1. The number of nitrogens with zero attached hydrogens (tertiary/aromatic N) is 1. The van der Waals surface area contributed by atoms with Gasteiger partial charge < -0.3 is 14.2 Å². The maximum atomic E-state index is 13.5. The molecule has 0 aliphatic carbocycles. The summed E-state index contributed by atoms with van der Waals surface area (Å²) in [7, 11) is 1.51. The molecule has 0 aromatic heterocycles. The Morgan fingerprint density at radius 2 is 1.84 bits per heavy atom. The first-order valence-corrected chi connectivity index (χ1v) is 10.5. The maximum Gasteiger partial charge on any atom is 0.363 e. The average molecular weight is 547 g/mol. The molecule has 1 aliphatic heterocycles. The van der Waals surface area contributed by atoms with Crippen LogP contribution in [0.2, 0.25) is 0 Å². The first-order valence-electron chi connectivity index (χ1n) is 9.46. The molecule has 0 spiro atoms. The minimum atomic E-state index is -0.630. The standard InChI is InChI=1S/C24H16F2INO4/c1-30-21-11-15(9-19(27)22(21)31-13-14-5-7-17(25)8-6-14)10-20-24(29)32-23(28-20)16-3-2-4-18(26)12-16/h2-12H,13H2,1H3/b20-10-. The van der Waals surface area contributed by atoms with Crippen LogP contribution in [0.4, 0.5) is 8.78 Å². The lowest BCUT2D eigenvalue weighted by Gasteiger charge is -2.14. The molecule has 0 fully saturated rings. The highest BCUT2D eigenvalue weighted by atomic mass is 127. The minimum Gasteiger partial charge on any atom is -0.493 e. The summed E-state index contributed by atoms with van der Waals surface area (Å²) in [4.78, 5) is 16.5. The summed E-state index contributed by atoms with van der Waals surface area (Å²) in [5.74, 6) is -0.359. The summed E-state index contributed by atoms with van der Waals surface area (Å²) in [6.07, 6.45) is 1.56. The average Bonchev–Trinajstić information content (AvgIpc) is 3.14. The van der Waals surface area contributed by atoms with Crippen LogP contribution in [0, 0.1) is 15.2 Å². The Morgan fingerprint density at radius 1 is 1.06 bits per heavy atom. The van der Waals surface area contributed by atoms with E-state index in [-0.39, 0.29) is 24.0 Å². The van der Waals surface area contributed by atoms with Gasteiger partial charge in [0.15, 0.2) is 17.2 Å². The number of ether oxygens (including phenoxy) is 3. The van der Waals surface area contributed by atoms with Gasteiger partial charge in [-0.3, -0.25) is 0 Å². The molecule has 1 heterocycles. The van der Waals surface area contributed by atoms with Crippen LogP contribution in [0.1, 0.15) is 16.7 Å². The monoisotopic (exact) mass is 547 g/mol. The Hall–Kier alpha value is -3.27. The molecule has 1 aliphatic rings. The molecule has 8 heteroatoms. The van der Waals surface area contributed by atoms with Crippen molar-refractivity contribution >= 4 is 40.5 Å². The SMILES string of the molecule is COc1cc(/C=C2\N=C(c3cccc(F)c3)OC2=O)cc(I)c1OCc1ccc(F)cc1. The van der Waals surface area contributed by atoms with Crippen molar-refractivity contribution in [1.82, 2.24) is 0 Å². The molecular weight excluding hydrogens is 531 g/mol. The Kier molecular flexibility index (Phi) is 6.50. The van der Waals surface area contributed by atoms with Gasteiger partial charge in [-0.2, -0.15) is 0 Å². The van der Waals surface area contributed by atoms with Crippen molar-refractivity contribution in [2.75, 3.05) is 7.11 Å². The van der Waals surface area contributed by atoms with Crippen LogP contribution < -0.4 is 9.47 Å². The molecular formula is C24H16F2INO4. The molecule has 0 saturated carbocycles. The van der Waals surface area contributed by atoms with E-state index in [4.69, 9.17) is 14.2 Å². The lowest BCUT2D eigenvalue weighted by molar-refractivity contribution is -0.129. The summed E-state index contributed by atoms with van der Waals surface area (Å²) >= 11 is 2.10. The van der Waals surface area contributed by atoms with Crippen molar-refractivity contribution in [3.63, 3.8) is 0 Å². The van der Waals surface area contributed by atoms with Crippen molar-refractivity contribution in [2.24, 2.45) is 4.99 Å². The molecule has 162 valence electrons. The summed E-state index contributed by atoms with van der Waals surface area (Å²) in [5.41, 5.74) is 1.92. The van der Waals surface area contributed by atoms with Crippen LogP contribution in [0.15, 0.2) is 71.4 Å². The number of benzene rings is 3. The number of hydrogen-bond donors (Lipinski definition) is 0. The van der Waals surface area contributed by atoms with E-state index in [1.807, 2.05) is 0 Å². The van der Waals surface area contributed by atoms with E-state index in [2.05, 4.69) is 27.6 Å². The van der Waals surface area contributed by atoms with Gasteiger partial charge in [0.2, 0.25) is 5.90 Å². The smallest absolute Gasteiger partial charge is 0.363 e. The molecule has 0 N–H and O–H groups in total. The normalized spacial score (nSPS) is 14.3. The van der Waals surface area contributed by atoms with Crippen molar-refractivity contribution in [3.05, 3.63) is 98.3 Å². The zero-order valence-electron chi connectivity index (χ0n) is 16.8. The van der Waals surface area contributed by atoms with Crippen LogP contribution in [-0.2, 0) is 16.1 Å². The molecule has 0 bridgehead atoms. The van der Waals surface area contributed by atoms with Gasteiger partial charge in [-0.05, 0) is 82.3 Å². The van der Waals surface area contributed by atoms with E-state index in [1.54, 1.807) is 36.4 Å². The van der Waals surface area contributed by atoms with Gasteiger partial charge in [-0.15, -0.1) is 0 Å². The Labute approximate surface area is 196 Å². The van der Waals surface area contributed by atoms with Gasteiger partial charge in [-0.25, -0.2) is 18.6 Å². The van der Waals surface area contributed by atoms with E-state index >= 15 is 0 Å². The van der Waals surface area contributed by atoms with E-state index in [9.17, 15) is 13.6 Å². The quantitative estimate of drug-likeness (QED) is 0.233. The molecule has 3 aromatic carbocycles. The number of rotatable bonds is 6. The Morgan fingerprint density at radius 3 is 2.56 bits per heavy atom. The summed E-state index contributed by atoms with van der Waals surface area (Å²) in [6, 6.07) is 15.2. The third-order valence-corrected chi connectivity index (χ3v) is 5.34. The largest absolute Gasteiger partial charge is 0.493 e. The highest BCUT2D eigenvalue weighted by molar-refractivity contribution is 14.1. The third-order valence-electron chi connectivity index (χ3n) is 4.54. The van der Waals surface area contributed by atoms with Crippen LogP contribution >= 0.6 is 22.6 Å². The number of hydrogen-bond acceptors (Lipinski definition) is 5. The highest BCUT2D eigenvalue weighted by Gasteiger charge is 2.24. The van der Waals surface area contributed by atoms with E-state index in [0.29, 0.717) is 22.6 Å². The van der Waals surface area contributed by atoms with Gasteiger partial charge in [0.1, 0.15) is 18.2 Å².